The van der Waals surface area contributed by atoms with E-state index in [1.54, 1.807) is 0 Å². The lowest BCUT2D eigenvalue weighted by Gasteiger charge is -2.22. The zero-order valence-corrected chi connectivity index (χ0v) is 10.7. The number of benzene rings is 1. The molecule has 0 saturated carbocycles. The topological polar surface area (TPSA) is 29.1 Å². The summed E-state index contributed by atoms with van der Waals surface area (Å²) in [7, 11) is 0. The number of ketones is 1. The third-order valence-electron chi connectivity index (χ3n) is 3.63. The first-order chi connectivity index (χ1) is 8.81. The number of halogens is 3. The van der Waals surface area contributed by atoms with Crippen LogP contribution in [0.3, 0.4) is 0 Å². The summed E-state index contributed by atoms with van der Waals surface area (Å²) >= 11 is 0. The minimum absolute atomic E-state index is 0.0322. The molecule has 2 nitrogen and oxygen atoms in total. The van der Waals surface area contributed by atoms with Crippen LogP contribution < -0.4 is 5.32 Å². The van der Waals surface area contributed by atoms with Crippen molar-refractivity contribution in [2.24, 2.45) is 0 Å². The Balaban J connectivity index is 2.06. The molecule has 104 valence electrons. The highest BCUT2D eigenvalue weighted by molar-refractivity contribution is 5.90. The molecule has 0 amide bonds. The maximum Gasteiger partial charge on any atom is 0.416 e. The van der Waals surface area contributed by atoms with Crippen LogP contribution >= 0.6 is 0 Å². The maximum atomic E-state index is 12.4. The Labute approximate surface area is 110 Å². The van der Waals surface area contributed by atoms with Crippen molar-refractivity contribution in [2.75, 3.05) is 6.54 Å². The molecular weight excluding hydrogens is 255 g/mol. The van der Waals surface area contributed by atoms with Crippen LogP contribution in [0.5, 0.6) is 0 Å². The van der Waals surface area contributed by atoms with Gasteiger partial charge >= 0.3 is 6.18 Å². The lowest BCUT2D eigenvalue weighted by Crippen LogP contribution is -2.45. The lowest BCUT2D eigenvalue weighted by molar-refractivity contribution is -0.137. The van der Waals surface area contributed by atoms with Crippen LogP contribution in [0.25, 0.3) is 0 Å². The molecular formula is C14H16F3NO. The molecule has 0 spiro atoms. The molecule has 1 aliphatic heterocycles. The van der Waals surface area contributed by atoms with Gasteiger partial charge in [-0.3, -0.25) is 4.79 Å². The second-order valence-electron chi connectivity index (χ2n) is 5.16. The smallest absolute Gasteiger partial charge is 0.305 e. The molecule has 1 fully saturated rings. The number of alkyl halides is 3. The molecule has 0 radical (unpaired) electrons. The summed E-state index contributed by atoms with van der Waals surface area (Å²) in [5.41, 5.74) is -0.593. The number of Topliss-reactive ketones (excluding diaryl/α,β-unsaturated/α-hetero) is 1. The molecule has 0 aromatic heterocycles. The van der Waals surface area contributed by atoms with Gasteiger partial charge in [0.15, 0.2) is 5.78 Å². The van der Waals surface area contributed by atoms with E-state index in [2.05, 4.69) is 5.32 Å². The molecule has 19 heavy (non-hydrogen) atoms. The summed E-state index contributed by atoms with van der Waals surface area (Å²) in [5.74, 6) is 0.0322. The van der Waals surface area contributed by atoms with Gasteiger partial charge in [-0.1, -0.05) is 12.1 Å². The normalized spacial score (nSPS) is 23.6. The lowest BCUT2D eigenvalue weighted by atomic mass is 9.90. The Morgan fingerprint density at radius 1 is 1.32 bits per heavy atom. The van der Waals surface area contributed by atoms with Crippen molar-refractivity contribution >= 4 is 5.78 Å². The van der Waals surface area contributed by atoms with E-state index in [9.17, 15) is 18.0 Å². The third-order valence-corrected chi connectivity index (χ3v) is 3.63. The van der Waals surface area contributed by atoms with E-state index in [4.69, 9.17) is 0 Å². The Hall–Kier alpha value is -1.36. The van der Waals surface area contributed by atoms with Gasteiger partial charge in [-0.2, -0.15) is 13.2 Å². The van der Waals surface area contributed by atoms with Crippen molar-refractivity contribution in [3.8, 4) is 0 Å². The monoisotopic (exact) mass is 271 g/mol. The predicted octanol–water partition coefficient (Wildman–Crippen LogP) is 2.96. The molecule has 1 N–H and O–H groups in total. The van der Waals surface area contributed by atoms with Crippen LogP contribution in [0.1, 0.15) is 30.9 Å². The number of hydrogen-bond donors (Lipinski definition) is 1. The number of hydrogen-bond acceptors (Lipinski definition) is 2. The van der Waals surface area contributed by atoms with Crippen molar-refractivity contribution in [1.29, 1.82) is 0 Å². The minimum atomic E-state index is -4.33. The highest BCUT2D eigenvalue weighted by Gasteiger charge is 2.35. The summed E-state index contributed by atoms with van der Waals surface area (Å²) in [4.78, 5) is 12.1. The van der Waals surface area contributed by atoms with Crippen LogP contribution in [-0.2, 0) is 17.4 Å². The second kappa shape index (κ2) is 4.96. The van der Waals surface area contributed by atoms with Crippen molar-refractivity contribution in [3.05, 3.63) is 35.4 Å². The molecule has 5 heteroatoms. The van der Waals surface area contributed by atoms with E-state index in [0.717, 1.165) is 31.5 Å². The first kappa shape index (κ1) is 14.1. The molecule has 1 aromatic carbocycles. The van der Waals surface area contributed by atoms with Crippen molar-refractivity contribution in [1.82, 2.24) is 5.32 Å². The Kier molecular flexibility index (Phi) is 3.67. The summed E-state index contributed by atoms with van der Waals surface area (Å²) < 4.78 is 37.2. The number of nitrogens with one attached hydrogen (secondary N) is 1. The molecule has 0 bridgehead atoms. The molecule has 0 aliphatic carbocycles. The van der Waals surface area contributed by atoms with Crippen LogP contribution in [0.15, 0.2) is 24.3 Å². The molecule has 1 atom stereocenters. The largest absolute Gasteiger partial charge is 0.416 e. The van der Waals surface area contributed by atoms with E-state index < -0.39 is 17.3 Å². The van der Waals surface area contributed by atoms with Crippen LogP contribution in [0.4, 0.5) is 13.2 Å². The van der Waals surface area contributed by atoms with E-state index >= 15 is 0 Å². The van der Waals surface area contributed by atoms with Gasteiger partial charge in [-0.15, -0.1) is 0 Å². The standard InChI is InChI=1S/C14H16F3NO/c1-13(7-2-8-18-13)12(19)9-10-3-5-11(6-4-10)14(15,16)17/h3-6,18H,2,7-9H2,1H3. The minimum Gasteiger partial charge on any atom is -0.305 e. The van der Waals surface area contributed by atoms with E-state index in [1.165, 1.54) is 12.1 Å². The Bertz CT molecular complexity index is 459. The first-order valence-corrected chi connectivity index (χ1v) is 6.26. The third kappa shape index (κ3) is 3.15. The fourth-order valence-corrected chi connectivity index (χ4v) is 2.32. The Morgan fingerprint density at radius 3 is 2.42 bits per heavy atom. The summed E-state index contributed by atoms with van der Waals surface area (Å²) in [5, 5.41) is 3.16. The van der Waals surface area contributed by atoms with Crippen LogP contribution in [-0.4, -0.2) is 17.9 Å². The van der Waals surface area contributed by atoms with E-state index in [1.807, 2.05) is 6.92 Å². The van der Waals surface area contributed by atoms with Gasteiger partial charge in [-0.25, -0.2) is 0 Å². The van der Waals surface area contributed by atoms with Crippen LogP contribution in [0.2, 0.25) is 0 Å². The fraction of sp³-hybridized carbons (Fsp3) is 0.500. The number of carbonyl (C=O) groups is 1. The average molecular weight is 271 g/mol. The van der Waals surface area contributed by atoms with Gasteiger partial charge in [0.1, 0.15) is 0 Å². The molecule has 1 saturated heterocycles. The van der Waals surface area contributed by atoms with Gasteiger partial charge in [0.2, 0.25) is 0 Å². The van der Waals surface area contributed by atoms with Gasteiger partial charge in [0.05, 0.1) is 11.1 Å². The zero-order valence-electron chi connectivity index (χ0n) is 10.7. The number of carbonyl (C=O) groups excluding carboxylic acids is 1. The predicted molar refractivity (Wildman–Crippen MR) is 65.8 cm³/mol. The average Bonchev–Trinajstić information content (AvgIpc) is 2.77. The first-order valence-electron chi connectivity index (χ1n) is 6.26. The Morgan fingerprint density at radius 2 is 1.95 bits per heavy atom. The summed E-state index contributed by atoms with van der Waals surface area (Å²) in [6.07, 6.45) is -2.43. The van der Waals surface area contributed by atoms with E-state index in [0.29, 0.717) is 5.56 Å². The highest BCUT2D eigenvalue weighted by Crippen LogP contribution is 2.29. The van der Waals surface area contributed by atoms with Gasteiger partial charge < -0.3 is 5.32 Å². The van der Waals surface area contributed by atoms with Crippen molar-refractivity contribution < 1.29 is 18.0 Å². The fourth-order valence-electron chi connectivity index (χ4n) is 2.32. The van der Waals surface area contributed by atoms with Crippen molar-refractivity contribution in [3.63, 3.8) is 0 Å². The van der Waals surface area contributed by atoms with Crippen LogP contribution in [0, 0.1) is 0 Å². The molecule has 1 aromatic rings. The molecule has 2 rings (SSSR count). The molecule has 1 heterocycles. The molecule has 1 aliphatic rings. The van der Waals surface area contributed by atoms with E-state index in [-0.39, 0.29) is 12.2 Å². The zero-order chi connectivity index (χ0) is 14.1. The summed E-state index contributed by atoms with van der Waals surface area (Å²) in [6.45, 7) is 2.67. The van der Waals surface area contributed by atoms with Gasteiger partial charge in [0, 0.05) is 6.42 Å². The quantitative estimate of drug-likeness (QED) is 0.915. The second-order valence-corrected chi connectivity index (χ2v) is 5.16. The summed E-state index contributed by atoms with van der Waals surface area (Å²) in [6, 6.07) is 4.79. The van der Waals surface area contributed by atoms with Crippen molar-refractivity contribution in [2.45, 2.75) is 37.9 Å². The maximum absolute atomic E-state index is 12.4. The number of rotatable bonds is 3. The SMILES string of the molecule is CC1(C(=O)Cc2ccc(C(F)(F)F)cc2)CCCN1. The highest BCUT2D eigenvalue weighted by atomic mass is 19.4. The van der Waals surface area contributed by atoms with Gasteiger partial charge in [-0.05, 0) is 44.0 Å². The molecule has 1 unspecified atom stereocenters. The van der Waals surface area contributed by atoms with Gasteiger partial charge in [0.25, 0.3) is 0 Å².